The van der Waals surface area contributed by atoms with Gasteiger partial charge in [0.2, 0.25) is 0 Å². The number of H-pyrrole nitrogens is 1. The van der Waals surface area contributed by atoms with Crippen LogP contribution in [-0.4, -0.2) is 27.7 Å². The molecule has 0 aliphatic rings. The summed E-state index contributed by atoms with van der Waals surface area (Å²) in [6.45, 7) is 1.74. The number of carbonyl (C=O) groups is 1. The zero-order chi connectivity index (χ0) is 14.5. The van der Waals surface area contributed by atoms with Crippen LogP contribution in [0, 0.1) is 0 Å². The quantitative estimate of drug-likeness (QED) is 0.803. The fourth-order valence-electron chi connectivity index (χ4n) is 1.51. The van der Waals surface area contributed by atoms with Crippen LogP contribution in [-0.2, 0) is 4.79 Å². The smallest absolute Gasteiger partial charge is 0.258 e. The number of hydrogen-bond acceptors (Lipinski definition) is 4. The van der Waals surface area contributed by atoms with Crippen LogP contribution in [0.2, 0.25) is 0 Å². The van der Waals surface area contributed by atoms with Gasteiger partial charge in [0.05, 0.1) is 10.5 Å². The van der Waals surface area contributed by atoms with E-state index in [1.807, 2.05) is 19.1 Å². The van der Waals surface area contributed by atoms with Crippen molar-refractivity contribution in [2.45, 2.75) is 13.0 Å². The predicted octanol–water partition coefficient (Wildman–Crippen LogP) is 2.59. The molecular weight excluding hydrogens is 392 g/mol. The molecule has 2 N–H and O–H groups in total. The van der Waals surface area contributed by atoms with Gasteiger partial charge in [0.1, 0.15) is 17.9 Å². The Morgan fingerprint density at radius 1 is 1.50 bits per heavy atom. The fraction of sp³-hybridized carbons (Fsp3) is 0.250. The lowest BCUT2D eigenvalue weighted by Gasteiger charge is -2.12. The third kappa shape index (κ3) is 4.04. The van der Waals surface area contributed by atoms with Crippen molar-refractivity contribution in [3.63, 3.8) is 0 Å². The molecular formula is C12H12Br2N4O2. The standard InChI is InChI=1S/C12H12Br2N4O2/c1-7(12-15-6-16-18-12)17-11(19)5-20-10-3-2-8(13)4-9(10)14/h2-4,6-7H,5H2,1H3,(H,17,19)(H,15,16,18). The molecule has 1 aromatic heterocycles. The van der Waals surface area contributed by atoms with E-state index in [2.05, 4.69) is 52.4 Å². The number of aromatic nitrogens is 3. The maximum Gasteiger partial charge on any atom is 0.258 e. The molecule has 20 heavy (non-hydrogen) atoms. The van der Waals surface area contributed by atoms with Crippen LogP contribution in [0.1, 0.15) is 18.8 Å². The first-order valence-corrected chi connectivity index (χ1v) is 7.37. The molecule has 1 aromatic carbocycles. The Labute approximate surface area is 132 Å². The minimum atomic E-state index is -0.248. The molecule has 1 unspecified atom stereocenters. The highest BCUT2D eigenvalue weighted by Gasteiger charge is 2.12. The van der Waals surface area contributed by atoms with Gasteiger partial charge in [-0.1, -0.05) is 15.9 Å². The number of aromatic amines is 1. The highest BCUT2D eigenvalue weighted by Crippen LogP contribution is 2.28. The summed E-state index contributed by atoms with van der Waals surface area (Å²) in [4.78, 5) is 15.8. The minimum Gasteiger partial charge on any atom is -0.483 e. The average Bonchev–Trinajstić information content (AvgIpc) is 2.91. The lowest BCUT2D eigenvalue weighted by atomic mass is 10.3. The summed E-state index contributed by atoms with van der Waals surface area (Å²) in [5, 5.41) is 9.20. The van der Waals surface area contributed by atoms with Gasteiger partial charge in [-0.15, -0.1) is 0 Å². The lowest BCUT2D eigenvalue weighted by molar-refractivity contribution is -0.123. The van der Waals surface area contributed by atoms with Gasteiger partial charge in [0.15, 0.2) is 6.61 Å². The summed E-state index contributed by atoms with van der Waals surface area (Å²) in [6, 6.07) is 5.22. The molecule has 1 amide bonds. The topological polar surface area (TPSA) is 79.9 Å². The van der Waals surface area contributed by atoms with Crippen molar-refractivity contribution in [2.24, 2.45) is 0 Å². The monoisotopic (exact) mass is 402 g/mol. The summed E-state index contributed by atoms with van der Waals surface area (Å²) in [6.07, 6.45) is 1.40. The molecule has 106 valence electrons. The zero-order valence-electron chi connectivity index (χ0n) is 10.6. The van der Waals surface area contributed by atoms with E-state index in [0.29, 0.717) is 11.6 Å². The lowest BCUT2D eigenvalue weighted by Crippen LogP contribution is -2.31. The van der Waals surface area contributed by atoms with E-state index in [1.54, 1.807) is 6.07 Å². The van der Waals surface area contributed by atoms with Crippen LogP contribution < -0.4 is 10.1 Å². The van der Waals surface area contributed by atoms with Crippen LogP contribution >= 0.6 is 31.9 Å². The van der Waals surface area contributed by atoms with E-state index in [0.717, 1.165) is 8.95 Å². The van der Waals surface area contributed by atoms with Crippen molar-refractivity contribution in [2.75, 3.05) is 6.61 Å². The molecule has 0 saturated heterocycles. The summed E-state index contributed by atoms with van der Waals surface area (Å²) < 4.78 is 7.16. The van der Waals surface area contributed by atoms with Gasteiger partial charge in [-0.2, -0.15) is 5.10 Å². The number of carbonyl (C=O) groups excluding carboxylic acids is 1. The van der Waals surface area contributed by atoms with Crippen molar-refractivity contribution < 1.29 is 9.53 Å². The van der Waals surface area contributed by atoms with Gasteiger partial charge < -0.3 is 10.1 Å². The number of amides is 1. The Morgan fingerprint density at radius 2 is 2.30 bits per heavy atom. The highest BCUT2D eigenvalue weighted by molar-refractivity contribution is 9.11. The Morgan fingerprint density at radius 3 is 2.95 bits per heavy atom. The van der Waals surface area contributed by atoms with Crippen LogP contribution in [0.4, 0.5) is 0 Å². The molecule has 0 aliphatic heterocycles. The van der Waals surface area contributed by atoms with Crippen LogP contribution in [0.3, 0.4) is 0 Å². The van der Waals surface area contributed by atoms with E-state index >= 15 is 0 Å². The average molecular weight is 404 g/mol. The molecule has 0 aliphatic carbocycles. The molecule has 0 radical (unpaired) electrons. The minimum absolute atomic E-state index is 0.0707. The van der Waals surface area contributed by atoms with Crippen molar-refractivity contribution in [1.29, 1.82) is 0 Å². The number of halogens is 2. The van der Waals surface area contributed by atoms with Crippen molar-refractivity contribution >= 4 is 37.8 Å². The predicted molar refractivity (Wildman–Crippen MR) is 80.3 cm³/mol. The normalized spacial score (nSPS) is 11.9. The van der Waals surface area contributed by atoms with Crippen LogP contribution in [0.25, 0.3) is 0 Å². The first-order chi connectivity index (χ1) is 9.56. The Kier molecular flexibility index (Phi) is 5.13. The number of nitrogens with one attached hydrogen (secondary N) is 2. The Bertz CT molecular complexity index is 589. The second-order valence-electron chi connectivity index (χ2n) is 4.02. The summed E-state index contributed by atoms with van der Waals surface area (Å²) in [5.41, 5.74) is 0. The van der Waals surface area contributed by atoms with Crippen molar-refractivity contribution in [3.8, 4) is 5.75 Å². The van der Waals surface area contributed by atoms with Crippen LogP contribution in [0.15, 0.2) is 33.5 Å². The van der Waals surface area contributed by atoms with Gasteiger partial charge in [-0.05, 0) is 41.1 Å². The van der Waals surface area contributed by atoms with E-state index in [4.69, 9.17) is 4.74 Å². The first kappa shape index (κ1) is 15.0. The molecule has 8 heteroatoms. The largest absolute Gasteiger partial charge is 0.483 e. The van der Waals surface area contributed by atoms with Gasteiger partial charge in [0.25, 0.3) is 5.91 Å². The van der Waals surface area contributed by atoms with Gasteiger partial charge in [-0.3, -0.25) is 9.89 Å². The highest BCUT2D eigenvalue weighted by atomic mass is 79.9. The van der Waals surface area contributed by atoms with Gasteiger partial charge in [-0.25, -0.2) is 4.98 Å². The number of benzene rings is 1. The molecule has 2 aromatic rings. The van der Waals surface area contributed by atoms with E-state index in [-0.39, 0.29) is 18.6 Å². The van der Waals surface area contributed by atoms with Crippen molar-refractivity contribution in [3.05, 3.63) is 39.3 Å². The van der Waals surface area contributed by atoms with Gasteiger partial charge >= 0.3 is 0 Å². The summed E-state index contributed by atoms with van der Waals surface area (Å²) in [5.74, 6) is 0.975. The third-order valence-electron chi connectivity index (χ3n) is 2.47. The number of ether oxygens (including phenoxy) is 1. The molecule has 1 atom stereocenters. The molecule has 2 rings (SSSR count). The number of nitrogens with zero attached hydrogens (tertiary/aromatic N) is 2. The maximum absolute atomic E-state index is 11.8. The zero-order valence-corrected chi connectivity index (χ0v) is 13.7. The second-order valence-corrected chi connectivity index (χ2v) is 5.79. The van der Waals surface area contributed by atoms with E-state index in [9.17, 15) is 4.79 Å². The van der Waals surface area contributed by atoms with E-state index in [1.165, 1.54) is 6.33 Å². The molecule has 0 spiro atoms. The first-order valence-electron chi connectivity index (χ1n) is 5.78. The summed E-state index contributed by atoms with van der Waals surface area (Å²) in [7, 11) is 0. The van der Waals surface area contributed by atoms with Crippen molar-refractivity contribution in [1.82, 2.24) is 20.5 Å². The van der Waals surface area contributed by atoms with Gasteiger partial charge in [0, 0.05) is 4.47 Å². The second kappa shape index (κ2) is 6.85. The van der Waals surface area contributed by atoms with Crippen LogP contribution in [0.5, 0.6) is 5.75 Å². The van der Waals surface area contributed by atoms with E-state index < -0.39 is 0 Å². The molecule has 0 saturated carbocycles. The number of rotatable bonds is 5. The molecule has 1 heterocycles. The Balaban J connectivity index is 1.86. The SMILES string of the molecule is CC(NC(=O)COc1ccc(Br)cc1Br)c1ncn[nH]1. The third-order valence-corrected chi connectivity index (χ3v) is 3.59. The summed E-state index contributed by atoms with van der Waals surface area (Å²) >= 11 is 6.72. The number of hydrogen-bond donors (Lipinski definition) is 2. The molecule has 0 bridgehead atoms. The Hall–Kier alpha value is -1.41. The molecule has 0 fully saturated rings. The maximum atomic E-state index is 11.8. The molecule has 6 nitrogen and oxygen atoms in total. The fourth-order valence-corrected chi connectivity index (χ4v) is 2.67.